The third kappa shape index (κ3) is 4.69. The highest BCUT2D eigenvalue weighted by Crippen LogP contribution is 2.50. The van der Waals surface area contributed by atoms with Crippen molar-refractivity contribution in [2.45, 2.75) is 24.1 Å². The second-order valence-electron chi connectivity index (χ2n) is 6.13. The third-order valence-corrected chi connectivity index (χ3v) is 4.02. The van der Waals surface area contributed by atoms with Crippen molar-refractivity contribution in [3.8, 4) is 0 Å². The summed E-state index contributed by atoms with van der Waals surface area (Å²) in [5.74, 6) is -1.18. The minimum absolute atomic E-state index is 0.152. The number of nitrogens with zero attached hydrogens (tertiary/aromatic N) is 1. The van der Waals surface area contributed by atoms with E-state index in [-0.39, 0.29) is 22.6 Å². The monoisotopic (exact) mass is 445 g/mol. The summed E-state index contributed by atoms with van der Waals surface area (Å²) in [5.41, 5.74) is -7.70. The van der Waals surface area contributed by atoms with Gasteiger partial charge in [0.2, 0.25) is 0 Å². The number of carbonyl (C=O) groups is 1. The molecule has 2 rings (SSSR count). The lowest BCUT2D eigenvalue weighted by Gasteiger charge is -2.33. The average molecular weight is 445 g/mol. The Bertz CT molecular complexity index is 858. The van der Waals surface area contributed by atoms with Gasteiger partial charge < -0.3 is 5.11 Å². The van der Waals surface area contributed by atoms with E-state index in [1.54, 1.807) is 0 Å². The molecule has 0 aliphatic carbocycles. The minimum Gasteiger partial charge on any atom is -0.369 e. The molecule has 0 bridgehead atoms. The molecule has 0 aromatic heterocycles. The lowest BCUT2D eigenvalue weighted by Crippen LogP contribution is -2.53. The first-order valence-electron chi connectivity index (χ1n) is 7.98. The van der Waals surface area contributed by atoms with E-state index in [1.807, 2.05) is 0 Å². The van der Waals surface area contributed by atoms with E-state index in [4.69, 9.17) is 0 Å². The predicted molar refractivity (Wildman–Crippen MR) is 86.6 cm³/mol. The second kappa shape index (κ2) is 7.82. The maximum absolute atomic E-state index is 12.9. The molecule has 164 valence electrons. The fraction of sp³-hybridized carbons (Fsp3) is 0.278. The molecule has 3 nitrogen and oxygen atoms in total. The van der Waals surface area contributed by atoms with Crippen LogP contribution in [0, 0.1) is 0 Å². The van der Waals surface area contributed by atoms with Gasteiger partial charge in [0.05, 0.1) is 0 Å². The van der Waals surface area contributed by atoms with Gasteiger partial charge in [-0.3, -0.25) is 9.69 Å². The van der Waals surface area contributed by atoms with Crippen LogP contribution in [-0.2, 0) is 5.60 Å². The first kappa shape index (κ1) is 23.5. The Morgan fingerprint density at radius 1 is 0.767 bits per heavy atom. The van der Waals surface area contributed by atoms with Crippen molar-refractivity contribution in [2.24, 2.45) is 0 Å². The summed E-state index contributed by atoms with van der Waals surface area (Å²) in [7, 11) is 0. The zero-order valence-corrected chi connectivity index (χ0v) is 14.6. The molecule has 1 N–H and O–H groups in total. The number of hydrogen-bond acceptors (Lipinski definition) is 2. The quantitative estimate of drug-likeness (QED) is 0.657. The van der Waals surface area contributed by atoms with Crippen LogP contribution in [0.3, 0.4) is 0 Å². The molecule has 0 aliphatic rings. The number of halogens is 9. The molecule has 0 radical (unpaired) electrons. The van der Waals surface area contributed by atoms with Crippen molar-refractivity contribution in [3.05, 3.63) is 65.7 Å². The molecular weight excluding hydrogens is 433 g/mol. The number of anilines is 1. The number of benzene rings is 2. The maximum atomic E-state index is 12.9. The van der Waals surface area contributed by atoms with Crippen LogP contribution >= 0.6 is 0 Å². The summed E-state index contributed by atoms with van der Waals surface area (Å²) in [6.45, 7) is -1.84. The van der Waals surface area contributed by atoms with Crippen LogP contribution in [0.25, 0.3) is 0 Å². The molecule has 0 unspecified atom stereocenters. The van der Waals surface area contributed by atoms with Gasteiger partial charge in [0.25, 0.3) is 11.5 Å². The van der Waals surface area contributed by atoms with Crippen molar-refractivity contribution >= 4 is 11.6 Å². The maximum Gasteiger partial charge on any atom is 0.430 e. The summed E-state index contributed by atoms with van der Waals surface area (Å²) in [5, 5.41) is 9.35. The predicted octanol–water partition coefficient (Wildman–Crippen LogP) is 5.21. The van der Waals surface area contributed by atoms with Crippen molar-refractivity contribution in [2.75, 3.05) is 11.4 Å². The van der Waals surface area contributed by atoms with Gasteiger partial charge >= 0.3 is 18.5 Å². The van der Waals surface area contributed by atoms with E-state index in [0.29, 0.717) is 12.1 Å². The average Bonchev–Trinajstić information content (AvgIpc) is 2.63. The molecular formula is C18H12F9NO2. The molecule has 0 saturated heterocycles. The highest BCUT2D eigenvalue weighted by Gasteiger charge is 2.71. The van der Waals surface area contributed by atoms with Crippen molar-refractivity contribution in [1.82, 2.24) is 0 Å². The second-order valence-corrected chi connectivity index (χ2v) is 6.13. The summed E-state index contributed by atoms with van der Waals surface area (Å²) in [6, 6.07) is 7.82. The molecule has 2 aromatic rings. The SMILES string of the molecule is O=C(c1ccccc1)N(CC(F)(F)F)c1ccc(C(O)(C(F)(F)F)C(F)(F)F)cc1. The van der Waals surface area contributed by atoms with Gasteiger partial charge in [-0.05, 0) is 24.3 Å². The fourth-order valence-corrected chi connectivity index (χ4v) is 2.57. The van der Waals surface area contributed by atoms with Gasteiger partial charge in [-0.25, -0.2) is 0 Å². The van der Waals surface area contributed by atoms with Crippen LogP contribution in [0.2, 0.25) is 0 Å². The van der Waals surface area contributed by atoms with E-state index < -0.39 is 47.8 Å². The number of carbonyl (C=O) groups excluding carboxylic acids is 1. The van der Waals surface area contributed by atoms with Gasteiger partial charge in [-0.15, -0.1) is 0 Å². The smallest absolute Gasteiger partial charge is 0.369 e. The normalized spacial score (nSPS) is 13.3. The van der Waals surface area contributed by atoms with Gasteiger partial charge in [0.15, 0.2) is 0 Å². The van der Waals surface area contributed by atoms with Gasteiger partial charge in [-0.2, -0.15) is 39.5 Å². The fourth-order valence-electron chi connectivity index (χ4n) is 2.57. The Hall–Kier alpha value is -2.76. The number of amides is 1. The lowest BCUT2D eigenvalue weighted by atomic mass is 9.92. The summed E-state index contributed by atoms with van der Waals surface area (Å²) >= 11 is 0. The summed E-state index contributed by atoms with van der Waals surface area (Å²) in [6.07, 6.45) is -17.2. The van der Waals surface area contributed by atoms with E-state index in [9.17, 15) is 49.4 Å². The lowest BCUT2D eigenvalue weighted by molar-refractivity contribution is -0.376. The molecule has 0 aliphatic heterocycles. The van der Waals surface area contributed by atoms with Crippen LogP contribution in [0.4, 0.5) is 45.2 Å². The highest BCUT2D eigenvalue weighted by molar-refractivity contribution is 6.06. The van der Waals surface area contributed by atoms with Crippen LogP contribution in [0.1, 0.15) is 15.9 Å². The number of hydrogen-bond donors (Lipinski definition) is 1. The zero-order chi connectivity index (χ0) is 23.0. The number of alkyl halides is 9. The van der Waals surface area contributed by atoms with Gasteiger partial charge in [-0.1, -0.05) is 30.3 Å². The minimum atomic E-state index is -6.15. The van der Waals surface area contributed by atoms with Crippen LogP contribution in [0.5, 0.6) is 0 Å². The Labute approximate surface area is 163 Å². The molecule has 0 saturated carbocycles. The van der Waals surface area contributed by atoms with E-state index in [1.165, 1.54) is 30.3 Å². The molecule has 0 fully saturated rings. The van der Waals surface area contributed by atoms with Crippen molar-refractivity contribution in [3.63, 3.8) is 0 Å². The standard InChI is InChI=1S/C18H12F9NO2/c19-15(20,21)10-28(14(29)11-4-2-1-3-5-11)13-8-6-12(7-9-13)16(30,17(22,23)24)18(25,26)27/h1-9,30H,10H2. The van der Waals surface area contributed by atoms with E-state index >= 15 is 0 Å². The van der Waals surface area contributed by atoms with Crippen LogP contribution in [0.15, 0.2) is 54.6 Å². The molecule has 12 heteroatoms. The van der Waals surface area contributed by atoms with Crippen LogP contribution < -0.4 is 4.90 Å². The summed E-state index contributed by atoms with van der Waals surface area (Å²) in [4.78, 5) is 12.6. The Balaban J connectivity index is 2.51. The Morgan fingerprint density at radius 3 is 1.63 bits per heavy atom. The Morgan fingerprint density at radius 2 is 1.23 bits per heavy atom. The first-order chi connectivity index (χ1) is 13.6. The highest BCUT2D eigenvalue weighted by atomic mass is 19.4. The molecule has 0 heterocycles. The van der Waals surface area contributed by atoms with Crippen molar-refractivity contribution in [1.29, 1.82) is 0 Å². The van der Waals surface area contributed by atoms with Gasteiger partial charge in [0.1, 0.15) is 6.54 Å². The van der Waals surface area contributed by atoms with Crippen LogP contribution in [-0.4, -0.2) is 36.1 Å². The number of aliphatic hydroxyl groups is 1. The topological polar surface area (TPSA) is 40.5 Å². The molecule has 30 heavy (non-hydrogen) atoms. The first-order valence-corrected chi connectivity index (χ1v) is 7.98. The third-order valence-electron chi connectivity index (χ3n) is 4.02. The van der Waals surface area contributed by atoms with Gasteiger partial charge in [0, 0.05) is 16.8 Å². The summed E-state index contributed by atoms with van der Waals surface area (Å²) < 4.78 is 116. The molecule has 0 atom stereocenters. The molecule has 2 aromatic carbocycles. The number of rotatable bonds is 4. The van der Waals surface area contributed by atoms with E-state index in [2.05, 4.69) is 0 Å². The van der Waals surface area contributed by atoms with Crippen molar-refractivity contribution < 1.29 is 49.4 Å². The molecule has 1 amide bonds. The zero-order valence-electron chi connectivity index (χ0n) is 14.6. The molecule has 0 spiro atoms. The largest absolute Gasteiger partial charge is 0.430 e. The Kier molecular flexibility index (Phi) is 6.13. The van der Waals surface area contributed by atoms with E-state index in [0.717, 1.165) is 0 Å².